The Morgan fingerprint density at radius 1 is 1.18 bits per heavy atom. The first kappa shape index (κ1) is 18.7. The van der Waals surface area contributed by atoms with Gasteiger partial charge in [0.2, 0.25) is 5.88 Å². The van der Waals surface area contributed by atoms with Crippen molar-refractivity contribution in [3.63, 3.8) is 0 Å². The molecule has 8 heteroatoms. The predicted octanol–water partition coefficient (Wildman–Crippen LogP) is 2.08. The number of nitrogens with zero attached hydrogens (tertiary/aromatic N) is 6. The van der Waals surface area contributed by atoms with Crippen LogP contribution in [-0.2, 0) is 7.05 Å². The Hall–Kier alpha value is -2.64. The Morgan fingerprint density at radius 3 is 2.61 bits per heavy atom. The number of rotatable bonds is 6. The zero-order valence-corrected chi connectivity index (χ0v) is 16.8. The Labute approximate surface area is 165 Å². The van der Waals surface area contributed by atoms with Gasteiger partial charge in [-0.3, -0.25) is 9.48 Å². The van der Waals surface area contributed by atoms with Crippen LogP contribution in [0.25, 0.3) is 0 Å². The zero-order valence-electron chi connectivity index (χ0n) is 16.8. The summed E-state index contributed by atoms with van der Waals surface area (Å²) in [5.74, 6) is 2.49. The molecule has 28 heavy (non-hydrogen) atoms. The summed E-state index contributed by atoms with van der Waals surface area (Å²) in [6, 6.07) is 3.84. The Bertz CT molecular complexity index is 837. The van der Waals surface area contributed by atoms with E-state index in [0.717, 1.165) is 18.9 Å². The van der Waals surface area contributed by atoms with Crippen molar-refractivity contribution in [2.75, 3.05) is 37.7 Å². The van der Waals surface area contributed by atoms with Crippen LogP contribution in [0.1, 0.15) is 48.8 Å². The lowest BCUT2D eigenvalue weighted by atomic mass is 10.2. The third-order valence-electron chi connectivity index (χ3n) is 5.21. The van der Waals surface area contributed by atoms with Gasteiger partial charge in [-0.05, 0) is 24.8 Å². The summed E-state index contributed by atoms with van der Waals surface area (Å²) in [6.07, 6.45) is 3.94. The van der Waals surface area contributed by atoms with E-state index in [4.69, 9.17) is 4.74 Å². The van der Waals surface area contributed by atoms with E-state index in [1.807, 2.05) is 28.8 Å². The van der Waals surface area contributed by atoms with Gasteiger partial charge in [-0.1, -0.05) is 13.8 Å². The van der Waals surface area contributed by atoms with E-state index in [-0.39, 0.29) is 5.91 Å². The summed E-state index contributed by atoms with van der Waals surface area (Å²) >= 11 is 0. The molecule has 0 radical (unpaired) electrons. The third kappa shape index (κ3) is 4.10. The highest BCUT2D eigenvalue weighted by Gasteiger charge is 2.30. The molecule has 0 aromatic carbocycles. The van der Waals surface area contributed by atoms with E-state index in [9.17, 15) is 4.79 Å². The van der Waals surface area contributed by atoms with Crippen molar-refractivity contribution < 1.29 is 9.53 Å². The molecular weight excluding hydrogens is 356 g/mol. The first-order valence-corrected chi connectivity index (χ1v) is 10.0. The van der Waals surface area contributed by atoms with Gasteiger partial charge >= 0.3 is 0 Å². The predicted molar refractivity (Wildman–Crippen MR) is 106 cm³/mol. The standard InChI is InChI=1S/C20H28N6O2/c1-14(2)12-28-19-11-18(21-13-22-19)25-6-8-26(9-7-25)20(27)16-10-17(15-4-5-15)24(3)23-16/h10-11,13-15H,4-9,12H2,1-3H3. The van der Waals surface area contributed by atoms with Crippen molar-refractivity contribution in [3.8, 4) is 5.88 Å². The molecule has 2 aromatic rings. The van der Waals surface area contributed by atoms with Gasteiger partial charge in [-0.2, -0.15) is 5.10 Å². The van der Waals surface area contributed by atoms with Gasteiger partial charge in [0, 0.05) is 50.9 Å². The average Bonchev–Trinajstić information content (AvgIpc) is 3.48. The van der Waals surface area contributed by atoms with Gasteiger partial charge in [-0.25, -0.2) is 9.97 Å². The molecule has 3 heterocycles. The minimum absolute atomic E-state index is 0.0193. The Morgan fingerprint density at radius 2 is 1.93 bits per heavy atom. The SMILES string of the molecule is CC(C)COc1cc(N2CCN(C(=O)c3cc(C4CC4)n(C)n3)CC2)ncn1. The number of carbonyl (C=O) groups is 1. The number of aryl methyl sites for hydroxylation is 1. The monoisotopic (exact) mass is 384 g/mol. The molecule has 0 bridgehead atoms. The number of anilines is 1. The summed E-state index contributed by atoms with van der Waals surface area (Å²) in [5, 5.41) is 4.45. The second-order valence-corrected chi connectivity index (χ2v) is 8.05. The van der Waals surface area contributed by atoms with E-state index in [1.165, 1.54) is 24.9 Å². The van der Waals surface area contributed by atoms with Gasteiger partial charge in [-0.15, -0.1) is 0 Å². The fourth-order valence-corrected chi connectivity index (χ4v) is 3.48. The highest BCUT2D eigenvalue weighted by Crippen LogP contribution is 2.40. The van der Waals surface area contributed by atoms with Crippen LogP contribution >= 0.6 is 0 Å². The molecule has 2 aromatic heterocycles. The normalized spacial score (nSPS) is 17.3. The lowest BCUT2D eigenvalue weighted by Gasteiger charge is -2.35. The molecule has 0 N–H and O–H groups in total. The molecule has 150 valence electrons. The first-order chi connectivity index (χ1) is 13.5. The summed E-state index contributed by atoms with van der Waals surface area (Å²) in [5.41, 5.74) is 1.74. The van der Waals surface area contributed by atoms with Crippen molar-refractivity contribution in [2.45, 2.75) is 32.6 Å². The minimum Gasteiger partial charge on any atom is -0.477 e. The largest absolute Gasteiger partial charge is 0.477 e. The lowest BCUT2D eigenvalue weighted by molar-refractivity contribution is 0.0739. The maximum Gasteiger partial charge on any atom is 0.274 e. The van der Waals surface area contributed by atoms with E-state index < -0.39 is 0 Å². The molecule has 8 nitrogen and oxygen atoms in total. The summed E-state index contributed by atoms with van der Waals surface area (Å²) in [4.78, 5) is 25.4. The first-order valence-electron chi connectivity index (χ1n) is 10.0. The molecule has 1 amide bonds. The Kier molecular flexibility index (Phi) is 5.19. The van der Waals surface area contributed by atoms with Crippen molar-refractivity contribution in [1.29, 1.82) is 0 Å². The summed E-state index contributed by atoms with van der Waals surface area (Å²) in [6.45, 7) is 7.61. The summed E-state index contributed by atoms with van der Waals surface area (Å²) < 4.78 is 7.56. The molecule has 4 rings (SSSR count). The quantitative estimate of drug-likeness (QED) is 0.759. The van der Waals surface area contributed by atoms with E-state index in [1.54, 1.807) is 0 Å². The van der Waals surface area contributed by atoms with Crippen molar-refractivity contribution in [3.05, 3.63) is 29.8 Å². The average molecular weight is 384 g/mol. The zero-order chi connectivity index (χ0) is 19.7. The molecule has 0 spiro atoms. The van der Waals surface area contributed by atoms with E-state index in [0.29, 0.717) is 43.1 Å². The van der Waals surface area contributed by atoms with Gasteiger partial charge in [0.05, 0.1) is 6.61 Å². The maximum absolute atomic E-state index is 12.8. The number of carbonyl (C=O) groups excluding carboxylic acids is 1. The molecule has 1 aliphatic carbocycles. The van der Waals surface area contributed by atoms with Crippen LogP contribution in [0.2, 0.25) is 0 Å². The highest BCUT2D eigenvalue weighted by molar-refractivity contribution is 5.92. The van der Waals surface area contributed by atoms with Crippen LogP contribution in [0, 0.1) is 5.92 Å². The molecule has 0 unspecified atom stereocenters. The van der Waals surface area contributed by atoms with Crippen LogP contribution in [-0.4, -0.2) is 63.3 Å². The van der Waals surface area contributed by atoms with Gasteiger partial charge in [0.15, 0.2) is 5.69 Å². The molecule has 1 saturated carbocycles. The fourth-order valence-electron chi connectivity index (χ4n) is 3.48. The van der Waals surface area contributed by atoms with Crippen LogP contribution in [0.4, 0.5) is 5.82 Å². The number of hydrogen-bond donors (Lipinski definition) is 0. The number of amides is 1. The highest BCUT2D eigenvalue weighted by atomic mass is 16.5. The molecular formula is C20H28N6O2. The lowest BCUT2D eigenvalue weighted by Crippen LogP contribution is -2.49. The molecule has 1 saturated heterocycles. The minimum atomic E-state index is 0.0193. The van der Waals surface area contributed by atoms with Crippen LogP contribution in [0.3, 0.4) is 0 Å². The molecule has 2 fully saturated rings. The van der Waals surface area contributed by atoms with Crippen LogP contribution in [0.5, 0.6) is 5.88 Å². The van der Waals surface area contributed by atoms with Gasteiger partial charge < -0.3 is 14.5 Å². The fraction of sp³-hybridized carbons (Fsp3) is 0.600. The topological polar surface area (TPSA) is 76.4 Å². The second kappa shape index (κ2) is 7.77. The Balaban J connectivity index is 1.36. The van der Waals surface area contributed by atoms with E-state index >= 15 is 0 Å². The third-order valence-corrected chi connectivity index (χ3v) is 5.21. The number of ether oxygens (including phenoxy) is 1. The van der Waals surface area contributed by atoms with Crippen LogP contribution in [0.15, 0.2) is 18.5 Å². The maximum atomic E-state index is 12.8. The molecule has 2 aliphatic rings. The molecule has 0 atom stereocenters. The smallest absolute Gasteiger partial charge is 0.274 e. The van der Waals surface area contributed by atoms with Crippen molar-refractivity contribution in [2.24, 2.45) is 13.0 Å². The number of hydrogen-bond acceptors (Lipinski definition) is 6. The number of piperazine rings is 1. The van der Waals surface area contributed by atoms with Crippen molar-refractivity contribution in [1.82, 2.24) is 24.6 Å². The van der Waals surface area contributed by atoms with Crippen LogP contribution < -0.4 is 9.64 Å². The van der Waals surface area contributed by atoms with E-state index in [2.05, 4.69) is 33.8 Å². The van der Waals surface area contributed by atoms with Gasteiger partial charge in [0.1, 0.15) is 12.1 Å². The van der Waals surface area contributed by atoms with Crippen molar-refractivity contribution >= 4 is 11.7 Å². The second-order valence-electron chi connectivity index (χ2n) is 8.05. The van der Waals surface area contributed by atoms with Gasteiger partial charge in [0.25, 0.3) is 5.91 Å². The molecule has 1 aliphatic heterocycles. The number of aromatic nitrogens is 4. The summed E-state index contributed by atoms with van der Waals surface area (Å²) in [7, 11) is 1.93.